The van der Waals surface area contributed by atoms with E-state index in [0.29, 0.717) is 10.8 Å². The summed E-state index contributed by atoms with van der Waals surface area (Å²) in [5, 5.41) is 9.32. The van der Waals surface area contributed by atoms with Crippen LogP contribution in [0.3, 0.4) is 0 Å². The molecule has 0 aliphatic carbocycles. The third-order valence-corrected chi connectivity index (χ3v) is 3.05. The molecule has 2 rings (SSSR count). The van der Waals surface area contributed by atoms with Gasteiger partial charge < -0.3 is 15.7 Å². The van der Waals surface area contributed by atoms with Gasteiger partial charge in [-0.1, -0.05) is 12.2 Å². The monoisotopic (exact) mass is 273 g/mol. The predicted molar refractivity (Wildman–Crippen MR) is 81.0 cm³/mol. The first-order chi connectivity index (χ1) is 8.99. The Morgan fingerprint density at radius 2 is 1.84 bits per heavy atom. The fraction of sp³-hybridized carbons (Fsp3) is 0.143. The average Bonchev–Trinajstić information content (AvgIpc) is 2.38. The number of aromatic hydroxyl groups is 1. The lowest BCUT2D eigenvalue weighted by molar-refractivity contribution is 0.475. The molecule has 98 valence electrons. The minimum Gasteiger partial charge on any atom is -0.508 e. The highest BCUT2D eigenvalue weighted by Crippen LogP contribution is 2.26. The molecule has 2 aromatic rings. The van der Waals surface area contributed by atoms with Crippen LogP contribution in [0.1, 0.15) is 11.3 Å². The third-order valence-electron chi connectivity index (χ3n) is 2.83. The zero-order chi connectivity index (χ0) is 14.0. The van der Waals surface area contributed by atoms with E-state index in [1.54, 1.807) is 12.1 Å². The minimum atomic E-state index is 0.226. The van der Waals surface area contributed by atoms with Gasteiger partial charge in [-0.05, 0) is 43.3 Å². The topological polar surface area (TPSA) is 62.4 Å². The molecule has 1 heterocycles. The average molecular weight is 273 g/mol. The van der Waals surface area contributed by atoms with E-state index >= 15 is 0 Å². The van der Waals surface area contributed by atoms with Gasteiger partial charge in [0.2, 0.25) is 0 Å². The van der Waals surface area contributed by atoms with Crippen LogP contribution in [-0.2, 0) is 0 Å². The summed E-state index contributed by atoms with van der Waals surface area (Å²) in [5.74, 6) is 0.933. The van der Waals surface area contributed by atoms with Crippen molar-refractivity contribution in [3.05, 3.63) is 47.7 Å². The van der Waals surface area contributed by atoms with Crippen LogP contribution in [0.2, 0.25) is 0 Å². The number of phenolic OH excluding ortho intramolecular Hbond substituents is 1. The number of aromatic nitrogens is 1. The number of nitrogens with two attached hydrogens (primary N) is 1. The molecular formula is C14H15N3OS. The molecule has 4 nitrogen and oxygen atoms in total. The van der Waals surface area contributed by atoms with E-state index in [2.05, 4.69) is 4.98 Å². The highest BCUT2D eigenvalue weighted by atomic mass is 32.1. The second kappa shape index (κ2) is 5.24. The Hall–Kier alpha value is -2.14. The van der Waals surface area contributed by atoms with Gasteiger partial charge in [0.05, 0.1) is 5.56 Å². The van der Waals surface area contributed by atoms with Gasteiger partial charge in [0.15, 0.2) is 0 Å². The summed E-state index contributed by atoms with van der Waals surface area (Å²) in [6.45, 7) is 1.91. The van der Waals surface area contributed by atoms with Crippen molar-refractivity contribution >= 4 is 28.7 Å². The molecule has 5 heteroatoms. The van der Waals surface area contributed by atoms with Crippen LogP contribution in [0, 0.1) is 6.92 Å². The van der Waals surface area contributed by atoms with Crippen LogP contribution in [0.15, 0.2) is 36.4 Å². The van der Waals surface area contributed by atoms with E-state index in [1.807, 2.05) is 43.1 Å². The van der Waals surface area contributed by atoms with E-state index in [4.69, 9.17) is 18.0 Å². The molecule has 0 bridgehead atoms. The van der Waals surface area contributed by atoms with Crippen LogP contribution < -0.4 is 10.6 Å². The number of benzene rings is 1. The summed E-state index contributed by atoms with van der Waals surface area (Å²) in [6.07, 6.45) is 0. The maximum absolute atomic E-state index is 9.32. The van der Waals surface area contributed by atoms with E-state index in [9.17, 15) is 5.11 Å². The van der Waals surface area contributed by atoms with Crippen molar-refractivity contribution in [1.82, 2.24) is 4.98 Å². The first kappa shape index (κ1) is 13.3. The van der Waals surface area contributed by atoms with Crippen LogP contribution >= 0.6 is 12.2 Å². The molecular weight excluding hydrogens is 258 g/mol. The van der Waals surface area contributed by atoms with Crippen molar-refractivity contribution in [3.63, 3.8) is 0 Å². The summed E-state index contributed by atoms with van der Waals surface area (Å²) in [7, 11) is 1.88. The van der Waals surface area contributed by atoms with Gasteiger partial charge in [-0.3, -0.25) is 0 Å². The fourth-order valence-electron chi connectivity index (χ4n) is 1.79. The molecule has 0 saturated carbocycles. The highest BCUT2D eigenvalue weighted by molar-refractivity contribution is 7.80. The number of hydrogen-bond donors (Lipinski definition) is 2. The first-order valence-electron chi connectivity index (χ1n) is 5.79. The van der Waals surface area contributed by atoms with Gasteiger partial charge in [-0.25, -0.2) is 4.98 Å². The van der Waals surface area contributed by atoms with Crippen LogP contribution in [0.4, 0.5) is 11.5 Å². The molecule has 0 unspecified atom stereocenters. The Labute approximate surface area is 117 Å². The number of pyridine rings is 1. The molecule has 0 aliphatic heterocycles. The Kier molecular flexibility index (Phi) is 3.66. The highest BCUT2D eigenvalue weighted by Gasteiger charge is 2.13. The first-order valence-corrected chi connectivity index (χ1v) is 6.20. The molecule has 0 amide bonds. The standard InChI is InChI=1S/C14H15N3OS/c1-9-3-8-12(13(15)19)14(16-9)17(2)10-4-6-11(18)7-5-10/h3-8,18H,1-2H3,(H2,15,19). The molecule has 3 N–H and O–H groups in total. The predicted octanol–water partition coefficient (Wildman–Crippen LogP) is 2.50. The van der Waals surface area contributed by atoms with Gasteiger partial charge in [0.25, 0.3) is 0 Å². The Morgan fingerprint density at radius 1 is 1.21 bits per heavy atom. The summed E-state index contributed by atoms with van der Waals surface area (Å²) in [5.41, 5.74) is 8.25. The summed E-state index contributed by atoms with van der Waals surface area (Å²) >= 11 is 5.05. The molecule has 1 aromatic carbocycles. The van der Waals surface area contributed by atoms with Gasteiger partial charge in [0, 0.05) is 18.4 Å². The van der Waals surface area contributed by atoms with E-state index in [-0.39, 0.29) is 5.75 Å². The smallest absolute Gasteiger partial charge is 0.143 e. The van der Waals surface area contributed by atoms with Gasteiger partial charge in [0.1, 0.15) is 16.6 Å². The molecule has 0 fully saturated rings. The van der Waals surface area contributed by atoms with Crippen LogP contribution in [0.5, 0.6) is 5.75 Å². The van der Waals surface area contributed by atoms with Gasteiger partial charge in [-0.2, -0.15) is 0 Å². The largest absolute Gasteiger partial charge is 0.508 e. The number of anilines is 2. The number of aryl methyl sites for hydroxylation is 1. The van der Waals surface area contributed by atoms with Gasteiger partial charge in [-0.15, -0.1) is 0 Å². The fourth-order valence-corrected chi connectivity index (χ4v) is 1.95. The molecule has 0 atom stereocenters. The maximum atomic E-state index is 9.32. The summed E-state index contributed by atoms with van der Waals surface area (Å²) in [4.78, 5) is 6.69. The molecule has 1 aromatic heterocycles. The van der Waals surface area contributed by atoms with E-state index in [1.165, 1.54) is 0 Å². The van der Waals surface area contributed by atoms with Crippen molar-refractivity contribution in [2.24, 2.45) is 5.73 Å². The lowest BCUT2D eigenvalue weighted by Gasteiger charge is -2.21. The van der Waals surface area contributed by atoms with Crippen molar-refractivity contribution in [3.8, 4) is 5.75 Å². The lowest BCUT2D eigenvalue weighted by atomic mass is 10.2. The van der Waals surface area contributed by atoms with Crippen molar-refractivity contribution < 1.29 is 5.11 Å². The quantitative estimate of drug-likeness (QED) is 0.841. The second-order valence-corrected chi connectivity index (χ2v) is 4.70. The zero-order valence-corrected chi connectivity index (χ0v) is 11.6. The third kappa shape index (κ3) is 2.82. The number of thiocarbonyl (C=S) groups is 1. The Balaban J connectivity index is 2.48. The second-order valence-electron chi connectivity index (χ2n) is 4.26. The summed E-state index contributed by atoms with van der Waals surface area (Å²) in [6, 6.07) is 10.6. The number of nitrogens with zero attached hydrogens (tertiary/aromatic N) is 2. The maximum Gasteiger partial charge on any atom is 0.143 e. The number of hydrogen-bond acceptors (Lipinski definition) is 4. The molecule has 0 spiro atoms. The van der Waals surface area contributed by atoms with Crippen molar-refractivity contribution in [2.45, 2.75) is 6.92 Å². The molecule has 0 aliphatic rings. The van der Waals surface area contributed by atoms with Crippen LogP contribution in [-0.4, -0.2) is 22.1 Å². The Morgan fingerprint density at radius 3 is 2.42 bits per heavy atom. The molecule has 0 radical (unpaired) electrons. The van der Waals surface area contributed by atoms with Crippen LogP contribution in [0.25, 0.3) is 0 Å². The van der Waals surface area contributed by atoms with Crippen molar-refractivity contribution in [2.75, 3.05) is 11.9 Å². The van der Waals surface area contributed by atoms with E-state index < -0.39 is 0 Å². The summed E-state index contributed by atoms with van der Waals surface area (Å²) < 4.78 is 0. The number of phenols is 1. The SMILES string of the molecule is Cc1ccc(C(N)=S)c(N(C)c2ccc(O)cc2)n1. The lowest BCUT2D eigenvalue weighted by Crippen LogP contribution is -2.19. The minimum absolute atomic E-state index is 0.226. The molecule has 19 heavy (non-hydrogen) atoms. The normalized spacial score (nSPS) is 10.2. The zero-order valence-electron chi connectivity index (χ0n) is 10.8. The van der Waals surface area contributed by atoms with E-state index in [0.717, 1.165) is 16.9 Å². The Bertz CT molecular complexity index is 611. The van der Waals surface area contributed by atoms with Crippen molar-refractivity contribution in [1.29, 1.82) is 0 Å². The number of rotatable bonds is 3. The molecule has 0 saturated heterocycles. The van der Waals surface area contributed by atoms with Gasteiger partial charge >= 0.3 is 0 Å².